The number of rotatable bonds is 0. The zero-order chi connectivity index (χ0) is 12.5. The van der Waals surface area contributed by atoms with Gasteiger partial charge >= 0.3 is 0 Å². The van der Waals surface area contributed by atoms with Crippen molar-refractivity contribution in [1.82, 2.24) is 9.97 Å². The maximum absolute atomic E-state index is 5.38. The van der Waals surface area contributed by atoms with E-state index in [4.69, 9.17) is 12.8 Å². The van der Waals surface area contributed by atoms with Gasteiger partial charge in [-0.05, 0) is 24.3 Å². The molecule has 0 radical (unpaired) electrons. The van der Waals surface area contributed by atoms with Gasteiger partial charge in [-0.1, -0.05) is 24.0 Å². The molecule has 3 aromatic rings. The Balaban J connectivity index is 2.50. The number of fused-ring (bicyclic) bond motifs is 3. The van der Waals surface area contributed by atoms with Crippen LogP contribution in [0.1, 0.15) is 11.4 Å². The first-order chi connectivity index (χ1) is 8.81. The van der Waals surface area contributed by atoms with Crippen molar-refractivity contribution in [3.63, 3.8) is 0 Å². The summed E-state index contributed by atoms with van der Waals surface area (Å²) in [7, 11) is 0. The van der Waals surface area contributed by atoms with E-state index in [1.54, 1.807) is 0 Å². The van der Waals surface area contributed by atoms with Gasteiger partial charge in [-0.15, -0.1) is 12.8 Å². The zero-order valence-corrected chi connectivity index (χ0v) is 9.51. The summed E-state index contributed by atoms with van der Waals surface area (Å²) in [5, 5.41) is 2.01. The first-order valence-corrected chi connectivity index (χ1v) is 5.45. The third kappa shape index (κ3) is 1.49. The molecule has 0 aliphatic carbocycles. The van der Waals surface area contributed by atoms with Gasteiger partial charge in [-0.25, -0.2) is 9.97 Å². The molecule has 2 nitrogen and oxygen atoms in total. The molecule has 0 saturated heterocycles. The Labute approximate surface area is 105 Å². The summed E-state index contributed by atoms with van der Waals surface area (Å²) in [4.78, 5) is 8.86. The van der Waals surface area contributed by atoms with E-state index in [-0.39, 0.29) is 0 Å². The molecule has 0 saturated carbocycles. The molecular formula is C16H8N2. The molecule has 0 aliphatic rings. The Bertz CT molecular complexity index is 776. The van der Waals surface area contributed by atoms with Crippen LogP contribution in [0.2, 0.25) is 0 Å². The molecular weight excluding hydrogens is 220 g/mol. The van der Waals surface area contributed by atoms with Gasteiger partial charge in [0, 0.05) is 10.8 Å². The molecule has 0 amide bonds. The standard InChI is InChI=1S/C16H8N2/c1-3-13-9-7-11-5-6-12-8-10-14(4-2)18-16(12)15(11)17-13/h1-2,5-10H. The van der Waals surface area contributed by atoms with Crippen LogP contribution < -0.4 is 0 Å². The lowest BCUT2D eigenvalue weighted by Gasteiger charge is -2.03. The topological polar surface area (TPSA) is 25.8 Å². The van der Waals surface area contributed by atoms with E-state index in [9.17, 15) is 0 Å². The minimum Gasteiger partial charge on any atom is -0.237 e. The molecule has 82 valence electrons. The van der Waals surface area contributed by atoms with Crippen molar-refractivity contribution in [3.05, 3.63) is 47.8 Å². The van der Waals surface area contributed by atoms with Crippen LogP contribution in [-0.4, -0.2) is 9.97 Å². The lowest BCUT2D eigenvalue weighted by Crippen LogP contribution is -1.90. The summed E-state index contributed by atoms with van der Waals surface area (Å²) in [6.45, 7) is 0. The van der Waals surface area contributed by atoms with Crippen LogP contribution in [0.25, 0.3) is 21.8 Å². The third-order valence-electron chi connectivity index (χ3n) is 2.82. The van der Waals surface area contributed by atoms with Crippen LogP contribution >= 0.6 is 0 Å². The average molecular weight is 228 g/mol. The maximum Gasteiger partial charge on any atom is 0.113 e. The second-order valence-corrected chi connectivity index (χ2v) is 3.89. The van der Waals surface area contributed by atoms with Gasteiger partial charge in [0.15, 0.2) is 0 Å². The van der Waals surface area contributed by atoms with Crippen LogP contribution in [0.4, 0.5) is 0 Å². The van der Waals surface area contributed by atoms with Crippen LogP contribution in [0.15, 0.2) is 36.4 Å². The Morgan fingerprint density at radius 2 is 1.06 bits per heavy atom. The van der Waals surface area contributed by atoms with E-state index in [0.29, 0.717) is 11.4 Å². The smallest absolute Gasteiger partial charge is 0.113 e. The highest BCUT2D eigenvalue weighted by Gasteiger charge is 2.04. The first-order valence-electron chi connectivity index (χ1n) is 5.45. The number of aromatic nitrogens is 2. The molecule has 2 aromatic heterocycles. The van der Waals surface area contributed by atoms with Gasteiger partial charge in [0.05, 0.1) is 11.0 Å². The van der Waals surface area contributed by atoms with Gasteiger partial charge in [-0.2, -0.15) is 0 Å². The van der Waals surface area contributed by atoms with E-state index in [1.807, 2.05) is 36.4 Å². The Morgan fingerprint density at radius 3 is 1.44 bits per heavy atom. The van der Waals surface area contributed by atoms with Crippen LogP contribution in [-0.2, 0) is 0 Å². The molecule has 2 heteroatoms. The summed E-state index contributed by atoms with van der Waals surface area (Å²) in [6.07, 6.45) is 10.8. The molecule has 0 spiro atoms. The SMILES string of the molecule is C#Cc1ccc2ccc3ccc(C#C)nc3c2n1. The average Bonchev–Trinajstić information content (AvgIpc) is 2.45. The van der Waals surface area contributed by atoms with Gasteiger partial charge in [0.2, 0.25) is 0 Å². The van der Waals surface area contributed by atoms with E-state index >= 15 is 0 Å². The van der Waals surface area contributed by atoms with Crippen LogP contribution in [0.3, 0.4) is 0 Å². The van der Waals surface area contributed by atoms with Crippen molar-refractivity contribution in [2.45, 2.75) is 0 Å². The van der Waals surface area contributed by atoms with Crippen molar-refractivity contribution >= 4 is 21.8 Å². The Hall–Kier alpha value is -2.84. The van der Waals surface area contributed by atoms with E-state index < -0.39 is 0 Å². The minimum atomic E-state index is 0.600. The van der Waals surface area contributed by atoms with Crippen molar-refractivity contribution in [1.29, 1.82) is 0 Å². The lowest BCUT2D eigenvalue weighted by atomic mass is 10.1. The Morgan fingerprint density at radius 1 is 0.667 bits per heavy atom. The third-order valence-corrected chi connectivity index (χ3v) is 2.82. The molecule has 0 fully saturated rings. The maximum atomic E-state index is 5.38. The summed E-state index contributed by atoms with van der Waals surface area (Å²) in [5.74, 6) is 5.07. The van der Waals surface area contributed by atoms with Crippen molar-refractivity contribution in [2.75, 3.05) is 0 Å². The Kier molecular flexibility index (Phi) is 2.22. The fraction of sp³-hybridized carbons (Fsp3) is 0. The van der Waals surface area contributed by atoms with E-state index in [0.717, 1.165) is 21.8 Å². The number of terminal acetylenes is 2. The number of pyridine rings is 2. The van der Waals surface area contributed by atoms with Gasteiger partial charge in [0.25, 0.3) is 0 Å². The largest absolute Gasteiger partial charge is 0.237 e. The molecule has 3 rings (SSSR count). The van der Waals surface area contributed by atoms with Crippen molar-refractivity contribution in [2.24, 2.45) is 0 Å². The number of hydrogen-bond acceptors (Lipinski definition) is 2. The zero-order valence-electron chi connectivity index (χ0n) is 9.51. The molecule has 0 unspecified atom stereocenters. The second kappa shape index (κ2) is 3.87. The number of nitrogens with zero attached hydrogens (tertiary/aromatic N) is 2. The highest BCUT2D eigenvalue weighted by Crippen LogP contribution is 2.22. The van der Waals surface area contributed by atoms with Crippen LogP contribution in [0, 0.1) is 24.7 Å². The summed E-state index contributed by atoms with van der Waals surface area (Å²) in [5.41, 5.74) is 2.78. The monoisotopic (exact) mass is 228 g/mol. The molecule has 0 N–H and O–H groups in total. The molecule has 0 bridgehead atoms. The predicted molar refractivity (Wildman–Crippen MR) is 72.9 cm³/mol. The number of benzene rings is 1. The van der Waals surface area contributed by atoms with Crippen molar-refractivity contribution in [3.8, 4) is 24.7 Å². The fourth-order valence-electron chi connectivity index (χ4n) is 1.93. The second-order valence-electron chi connectivity index (χ2n) is 3.89. The minimum absolute atomic E-state index is 0.600. The van der Waals surface area contributed by atoms with Crippen LogP contribution in [0.5, 0.6) is 0 Å². The molecule has 18 heavy (non-hydrogen) atoms. The summed E-state index contributed by atoms with van der Waals surface area (Å²) < 4.78 is 0. The van der Waals surface area contributed by atoms with Gasteiger partial charge in [-0.3, -0.25) is 0 Å². The highest BCUT2D eigenvalue weighted by atomic mass is 14.8. The van der Waals surface area contributed by atoms with Gasteiger partial charge < -0.3 is 0 Å². The molecule has 0 atom stereocenters. The fourth-order valence-corrected chi connectivity index (χ4v) is 1.93. The first kappa shape index (κ1) is 10.3. The molecule has 2 heterocycles. The van der Waals surface area contributed by atoms with E-state index in [1.165, 1.54) is 0 Å². The van der Waals surface area contributed by atoms with E-state index in [2.05, 4.69) is 21.8 Å². The molecule has 0 aliphatic heterocycles. The summed E-state index contributed by atoms with van der Waals surface area (Å²) in [6, 6.07) is 11.5. The normalized spacial score (nSPS) is 10.1. The quantitative estimate of drug-likeness (QED) is 0.437. The van der Waals surface area contributed by atoms with Crippen molar-refractivity contribution < 1.29 is 0 Å². The highest BCUT2D eigenvalue weighted by molar-refractivity contribution is 6.02. The van der Waals surface area contributed by atoms with Gasteiger partial charge in [0.1, 0.15) is 11.4 Å². The summed E-state index contributed by atoms with van der Waals surface area (Å²) >= 11 is 0. The molecule has 1 aromatic carbocycles. The lowest BCUT2D eigenvalue weighted by molar-refractivity contribution is 1.33. The number of hydrogen-bond donors (Lipinski definition) is 0. The predicted octanol–water partition coefficient (Wildman–Crippen LogP) is 2.75.